The molecular formula is C26H38F2O3. The van der Waals surface area contributed by atoms with E-state index in [2.05, 4.69) is 13.8 Å². The molecule has 3 nitrogen and oxygen atoms in total. The van der Waals surface area contributed by atoms with Crippen LogP contribution in [-0.4, -0.2) is 12.6 Å². The van der Waals surface area contributed by atoms with Crippen molar-refractivity contribution in [3.63, 3.8) is 0 Å². The first-order chi connectivity index (χ1) is 14.9. The molecule has 2 saturated carbocycles. The minimum absolute atomic E-state index is 0.167. The number of esters is 1. The van der Waals surface area contributed by atoms with Gasteiger partial charge >= 0.3 is 5.97 Å². The van der Waals surface area contributed by atoms with E-state index < -0.39 is 17.6 Å². The molecule has 1 aromatic carbocycles. The average Bonchev–Trinajstić information content (AvgIpc) is 2.79. The summed E-state index contributed by atoms with van der Waals surface area (Å²) < 4.78 is 38.7. The van der Waals surface area contributed by atoms with Crippen molar-refractivity contribution in [2.24, 2.45) is 23.2 Å². The van der Waals surface area contributed by atoms with E-state index in [1.54, 1.807) is 6.92 Å². The zero-order chi connectivity index (χ0) is 22.4. The fraction of sp³-hybridized carbons (Fsp3) is 0.731. The van der Waals surface area contributed by atoms with Gasteiger partial charge in [-0.25, -0.2) is 0 Å². The second-order valence-electron chi connectivity index (χ2n) is 9.58. The number of halogens is 2. The van der Waals surface area contributed by atoms with Gasteiger partial charge in [-0.2, -0.15) is 8.78 Å². The summed E-state index contributed by atoms with van der Waals surface area (Å²) in [6.45, 7) is 6.63. The molecule has 0 spiro atoms. The highest BCUT2D eigenvalue weighted by Gasteiger charge is 2.45. The van der Waals surface area contributed by atoms with Crippen LogP contribution in [0.2, 0.25) is 0 Å². The van der Waals surface area contributed by atoms with Crippen LogP contribution in [0.15, 0.2) is 12.1 Å². The number of hydrogen-bond acceptors (Lipinski definition) is 3. The van der Waals surface area contributed by atoms with Crippen LogP contribution < -0.4 is 9.47 Å². The number of hydrogen-bond donors (Lipinski definition) is 0. The van der Waals surface area contributed by atoms with Crippen molar-refractivity contribution >= 4 is 5.97 Å². The van der Waals surface area contributed by atoms with Crippen molar-refractivity contribution in [1.29, 1.82) is 0 Å². The Balaban J connectivity index is 1.62. The van der Waals surface area contributed by atoms with Gasteiger partial charge in [0.1, 0.15) is 0 Å². The molecule has 2 fully saturated rings. The molecule has 1 unspecified atom stereocenters. The predicted octanol–water partition coefficient (Wildman–Crippen LogP) is 7.46. The Labute approximate surface area is 185 Å². The largest absolute Gasteiger partial charge is 0.491 e. The predicted molar refractivity (Wildman–Crippen MR) is 118 cm³/mol. The van der Waals surface area contributed by atoms with Crippen molar-refractivity contribution in [2.45, 2.75) is 91.4 Å². The molecule has 0 aliphatic heterocycles. The minimum Gasteiger partial charge on any atom is -0.491 e. The van der Waals surface area contributed by atoms with Crippen LogP contribution in [0.4, 0.5) is 8.78 Å². The quantitative estimate of drug-likeness (QED) is 0.313. The van der Waals surface area contributed by atoms with E-state index in [0.717, 1.165) is 25.7 Å². The van der Waals surface area contributed by atoms with E-state index in [1.165, 1.54) is 57.1 Å². The first-order valence-corrected chi connectivity index (χ1v) is 12.2. The lowest BCUT2D eigenvalue weighted by Crippen LogP contribution is -2.41. The van der Waals surface area contributed by atoms with Crippen molar-refractivity contribution in [1.82, 2.24) is 0 Å². The van der Waals surface area contributed by atoms with Crippen LogP contribution in [-0.2, 0) is 4.79 Å². The molecule has 2 aliphatic rings. The average molecular weight is 437 g/mol. The van der Waals surface area contributed by atoms with Gasteiger partial charge in [-0.15, -0.1) is 0 Å². The fourth-order valence-corrected chi connectivity index (χ4v) is 6.19. The molecule has 5 heteroatoms. The van der Waals surface area contributed by atoms with E-state index in [0.29, 0.717) is 17.3 Å². The third-order valence-electron chi connectivity index (χ3n) is 7.88. The normalized spacial score (nSPS) is 24.4. The smallest absolute Gasteiger partial charge is 0.314 e. The van der Waals surface area contributed by atoms with Crippen molar-refractivity contribution in [3.05, 3.63) is 23.8 Å². The lowest BCUT2D eigenvalue weighted by Gasteiger charge is -2.50. The maximum absolute atomic E-state index is 14.3. The van der Waals surface area contributed by atoms with Gasteiger partial charge in [0.2, 0.25) is 11.6 Å². The van der Waals surface area contributed by atoms with Gasteiger partial charge in [0.05, 0.1) is 12.5 Å². The molecule has 31 heavy (non-hydrogen) atoms. The van der Waals surface area contributed by atoms with Crippen LogP contribution in [0.25, 0.3) is 0 Å². The molecule has 0 radical (unpaired) electrons. The maximum Gasteiger partial charge on any atom is 0.314 e. The van der Waals surface area contributed by atoms with Crippen LogP contribution >= 0.6 is 0 Å². The summed E-state index contributed by atoms with van der Waals surface area (Å²) in [5.74, 6) is -2.12. The molecule has 174 valence electrons. The van der Waals surface area contributed by atoms with Crippen LogP contribution in [0.5, 0.6) is 11.5 Å². The molecule has 1 aromatic rings. The number of rotatable bonds is 8. The van der Waals surface area contributed by atoms with Crippen molar-refractivity contribution < 1.29 is 23.0 Å². The minimum atomic E-state index is -1.16. The van der Waals surface area contributed by atoms with Gasteiger partial charge in [0.25, 0.3) is 0 Å². The lowest BCUT2D eigenvalue weighted by molar-refractivity contribution is -0.141. The van der Waals surface area contributed by atoms with Gasteiger partial charge in [-0.1, -0.05) is 46.0 Å². The molecule has 1 atom stereocenters. The lowest BCUT2D eigenvalue weighted by atomic mass is 9.55. The highest BCUT2D eigenvalue weighted by atomic mass is 19.2. The first-order valence-electron chi connectivity index (χ1n) is 12.2. The summed E-state index contributed by atoms with van der Waals surface area (Å²) in [5.41, 5.74) is 0.410. The maximum atomic E-state index is 14.3. The highest BCUT2D eigenvalue weighted by Crippen LogP contribution is 2.54. The molecule has 0 bridgehead atoms. The van der Waals surface area contributed by atoms with Crippen LogP contribution in [0.3, 0.4) is 0 Å². The highest BCUT2D eigenvalue weighted by molar-refractivity contribution is 5.75. The van der Waals surface area contributed by atoms with E-state index >= 15 is 0 Å². The molecule has 3 rings (SSSR count). The Morgan fingerprint density at radius 3 is 2.26 bits per heavy atom. The van der Waals surface area contributed by atoms with Crippen molar-refractivity contribution in [3.8, 4) is 11.5 Å². The van der Waals surface area contributed by atoms with E-state index in [1.807, 2.05) is 0 Å². The van der Waals surface area contributed by atoms with E-state index in [9.17, 15) is 13.6 Å². The Morgan fingerprint density at radius 2 is 1.65 bits per heavy atom. The SMILES string of the molecule is CCCC(C)C1(C2CCC(C(=O)Oc3ccc(OCC)c(F)c3F)CC2)CCCCC1. The summed E-state index contributed by atoms with van der Waals surface area (Å²) in [4.78, 5) is 12.7. The molecule has 0 N–H and O–H groups in total. The van der Waals surface area contributed by atoms with Gasteiger partial charge < -0.3 is 9.47 Å². The summed E-state index contributed by atoms with van der Waals surface area (Å²) in [6, 6.07) is 2.58. The van der Waals surface area contributed by atoms with Gasteiger partial charge in [-0.3, -0.25) is 4.79 Å². The number of ether oxygens (including phenoxy) is 2. The molecule has 2 aliphatic carbocycles. The molecule has 0 amide bonds. The summed E-state index contributed by atoms with van der Waals surface area (Å²) in [5, 5.41) is 0. The molecule has 0 aromatic heterocycles. The van der Waals surface area contributed by atoms with Crippen LogP contribution in [0, 0.1) is 34.8 Å². The monoisotopic (exact) mass is 436 g/mol. The van der Waals surface area contributed by atoms with Crippen LogP contribution in [0.1, 0.15) is 91.4 Å². The molecule has 0 saturated heterocycles. The number of carbonyl (C=O) groups excluding carboxylic acids is 1. The fourth-order valence-electron chi connectivity index (χ4n) is 6.19. The number of benzene rings is 1. The summed E-state index contributed by atoms with van der Waals surface area (Å²) >= 11 is 0. The Hall–Kier alpha value is -1.65. The zero-order valence-electron chi connectivity index (χ0n) is 19.4. The third-order valence-corrected chi connectivity index (χ3v) is 7.88. The topological polar surface area (TPSA) is 35.5 Å². The Bertz CT molecular complexity index is 734. The Morgan fingerprint density at radius 1 is 1.03 bits per heavy atom. The summed E-state index contributed by atoms with van der Waals surface area (Å²) in [6.07, 6.45) is 12.7. The third kappa shape index (κ3) is 5.23. The van der Waals surface area contributed by atoms with Crippen molar-refractivity contribution in [2.75, 3.05) is 6.61 Å². The molecule has 0 heterocycles. The second-order valence-corrected chi connectivity index (χ2v) is 9.58. The first kappa shape index (κ1) is 24.0. The number of carbonyl (C=O) groups is 1. The Kier molecular flexibility index (Phi) is 8.35. The second kappa shape index (κ2) is 10.8. The van der Waals surface area contributed by atoms with E-state index in [4.69, 9.17) is 9.47 Å². The van der Waals surface area contributed by atoms with E-state index in [-0.39, 0.29) is 24.0 Å². The van der Waals surface area contributed by atoms with Gasteiger partial charge in [-0.05, 0) is 74.8 Å². The standard InChI is InChI=1S/C26H38F2O3/c1-4-9-18(3)26(16-7-6-8-17-26)20-12-10-19(11-13-20)25(29)31-22-15-14-21(30-5-2)23(27)24(22)28/h14-15,18-20H,4-13,16-17H2,1-3H3. The van der Waals surface area contributed by atoms with Gasteiger partial charge in [0, 0.05) is 0 Å². The molecular weight excluding hydrogens is 398 g/mol. The zero-order valence-corrected chi connectivity index (χ0v) is 19.4. The summed E-state index contributed by atoms with van der Waals surface area (Å²) in [7, 11) is 0. The van der Waals surface area contributed by atoms with Gasteiger partial charge in [0.15, 0.2) is 11.5 Å².